The highest BCUT2D eigenvalue weighted by atomic mass is 14.8. The van der Waals surface area contributed by atoms with Crippen LogP contribution in [0.4, 0.5) is 5.69 Å². The monoisotopic (exact) mass is 236 g/mol. The van der Waals surface area contributed by atoms with Crippen LogP contribution >= 0.6 is 0 Å². The van der Waals surface area contributed by atoms with Crippen LogP contribution in [0, 0.1) is 13.8 Å². The van der Waals surface area contributed by atoms with E-state index in [1.807, 2.05) is 0 Å². The summed E-state index contributed by atoms with van der Waals surface area (Å²) < 4.78 is 0. The summed E-state index contributed by atoms with van der Waals surface area (Å²) in [4.78, 5) is 4.91. The van der Waals surface area contributed by atoms with Crippen molar-refractivity contribution in [2.24, 2.45) is 0 Å². The minimum Gasteiger partial charge on any atom is -0.398 e. The zero-order valence-corrected chi connectivity index (χ0v) is 10.7. The SMILES string of the molecule is Cc1cc(C)c2nc3c(c(N)c2c1)C1C=CC3C1. The third kappa shape index (κ3) is 1.10. The third-order valence-corrected chi connectivity index (χ3v) is 4.34. The maximum atomic E-state index is 6.42. The van der Waals surface area contributed by atoms with Gasteiger partial charge in [-0.1, -0.05) is 23.8 Å². The Bertz CT molecular complexity index is 713. The first-order chi connectivity index (χ1) is 8.65. The molecule has 2 N–H and O–H groups in total. The van der Waals surface area contributed by atoms with Gasteiger partial charge >= 0.3 is 0 Å². The summed E-state index contributed by atoms with van der Waals surface area (Å²) in [6, 6.07) is 4.35. The van der Waals surface area contributed by atoms with E-state index in [0.29, 0.717) is 11.8 Å². The number of nitrogens with two attached hydrogens (primary N) is 1. The van der Waals surface area contributed by atoms with Crippen molar-refractivity contribution in [1.82, 2.24) is 4.98 Å². The van der Waals surface area contributed by atoms with Crippen LogP contribution in [0.2, 0.25) is 0 Å². The molecule has 90 valence electrons. The second-order valence-electron chi connectivity index (χ2n) is 5.64. The molecule has 18 heavy (non-hydrogen) atoms. The maximum absolute atomic E-state index is 6.42. The summed E-state index contributed by atoms with van der Waals surface area (Å²) in [5.74, 6) is 1.00. The fourth-order valence-corrected chi connectivity index (χ4v) is 3.57. The number of anilines is 1. The average Bonchev–Trinajstić information content (AvgIpc) is 2.91. The van der Waals surface area contributed by atoms with Gasteiger partial charge in [0.2, 0.25) is 0 Å². The van der Waals surface area contributed by atoms with Gasteiger partial charge in [-0.25, -0.2) is 0 Å². The highest BCUT2D eigenvalue weighted by molar-refractivity contribution is 5.95. The van der Waals surface area contributed by atoms with Gasteiger partial charge < -0.3 is 5.73 Å². The number of hydrogen-bond acceptors (Lipinski definition) is 2. The molecule has 0 aliphatic heterocycles. The number of rotatable bonds is 0. The van der Waals surface area contributed by atoms with Crippen LogP contribution in [-0.2, 0) is 0 Å². The van der Waals surface area contributed by atoms with E-state index in [2.05, 4.69) is 38.1 Å². The van der Waals surface area contributed by atoms with E-state index in [9.17, 15) is 0 Å². The number of pyridine rings is 1. The van der Waals surface area contributed by atoms with Crippen LogP contribution in [-0.4, -0.2) is 4.98 Å². The van der Waals surface area contributed by atoms with E-state index in [1.54, 1.807) is 0 Å². The molecule has 4 rings (SSSR count). The van der Waals surface area contributed by atoms with Crippen LogP contribution in [0.1, 0.15) is 40.6 Å². The molecule has 2 bridgehead atoms. The summed E-state index contributed by atoms with van der Waals surface area (Å²) in [6.07, 6.45) is 5.75. The Kier molecular flexibility index (Phi) is 1.76. The van der Waals surface area contributed by atoms with E-state index in [1.165, 1.54) is 28.8 Å². The van der Waals surface area contributed by atoms with Gasteiger partial charge in [0, 0.05) is 28.5 Å². The number of aromatic nitrogens is 1. The molecule has 0 spiro atoms. The van der Waals surface area contributed by atoms with Gasteiger partial charge in [-0.2, -0.15) is 0 Å². The lowest BCUT2D eigenvalue weighted by Crippen LogP contribution is -2.04. The van der Waals surface area contributed by atoms with Gasteiger partial charge in [0.05, 0.1) is 11.2 Å². The molecule has 2 nitrogen and oxygen atoms in total. The van der Waals surface area contributed by atoms with E-state index < -0.39 is 0 Å². The van der Waals surface area contributed by atoms with Crippen molar-refractivity contribution in [3.8, 4) is 0 Å². The van der Waals surface area contributed by atoms with Crippen molar-refractivity contribution in [2.75, 3.05) is 5.73 Å². The zero-order chi connectivity index (χ0) is 12.4. The second-order valence-corrected chi connectivity index (χ2v) is 5.64. The number of nitrogens with zero attached hydrogens (tertiary/aromatic N) is 1. The molecule has 2 aromatic rings. The average molecular weight is 236 g/mol. The molecule has 0 fully saturated rings. The van der Waals surface area contributed by atoms with E-state index in [-0.39, 0.29) is 0 Å². The highest BCUT2D eigenvalue weighted by Crippen LogP contribution is 2.51. The summed E-state index contributed by atoms with van der Waals surface area (Å²) in [6.45, 7) is 4.24. The molecule has 1 aromatic carbocycles. The van der Waals surface area contributed by atoms with Crippen LogP contribution in [0.5, 0.6) is 0 Å². The fourth-order valence-electron chi connectivity index (χ4n) is 3.57. The third-order valence-electron chi connectivity index (χ3n) is 4.34. The van der Waals surface area contributed by atoms with Gasteiger partial charge in [-0.05, 0) is 31.9 Å². The molecule has 2 aliphatic carbocycles. The quantitative estimate of drug-likeness (QED) is 0.710. The first kappa shape index (κ1) is 10.1. The zero-order valence-electron chi connectivity index (χ0n) is 10.7. The largest absolute Gasteiger partial charge is 0.398 e. The maximum Gasteiger partial charge on any atom is 0.0755 e. The Balaban J connectivity index is 2.15. The molecule has 0 radical (unpaired) electrons. The number of nitrogen functional groups attached to an aromatic ring is 1. The highest BCUT2D eigenvalue weighted by Gasteiger charge is 2.36. The molecule has 2 heteroatoms. The van der Waals surface area contributed by atoms with Crippen molar-refractivity contribution in [3.05, 3.63) is 46.7 Å². The molecule has 2 atom stereocenters. The number of benzene rings is 1. The smallest absolute Gasteiger partial charge is 0.0755 e. The van der Waals surface area contributed by atoms with Crippen molar-refractivity contribution in [1.29, 1.82) is 0 Å². The number of hydrogen-bond donors (Lipinski definition) is 1. The van der Waals surface area contributed by atoms with E-state index >= 15 is 0 Å². The van der Waals surface area contributed by atoms with Crippen molar-refractivity contribution in [2.45, 2.75) is 32.1 Å². The number of aryl methyl sites for hydroxylation is 2. The summed E-state index contributed by atoms with van der Waals surface area (Å²) >= 11 is 0. The Labute approximate surface area is 107 Å². The minimum absolute atomic E-state index is 0.498. The van der Waals surface area contributed by atoms with E-state index in [4.69, 9.17) is 10.7 Å². The molecule has 0 amide bonds. The minimum atomic E-state index is 0.498. The Morgan fingerprint density at radius 3 is 2.78 bits per heavy atom. The van der Waals surface area contributed by atoms with Crippen LogP contribution in [0.25, 0.3) is 10.9 Å². The lowest BCUT2D eigenvalue weighted by molar-refractivity contribution is 0.796. The van der Waals surface area contributed by atoms with Crippen LogP contribution in [0.15, 0.2) is 24.3 Å². The summed E-state index contributed by atoms with van der Waals surface area (Å²) in [7, 11) is 0. The van der Waals surface area contributed by atoms with Gasteiger partial charge in [0.1, 0.15) is 0 Å². The molecule has 1 heterocycles. The first-order valence-corrected chi connectivity index (χ1v) is 6.53. The molecule has 2 aliphatic rings. The Morgan fingerprint density at radius 1 is 1.17 bits per heavy atom. The molecule has 0 saturated heterocycles. The lowest BCUT2D eigenvalue weighted by Gasteiger charge is -2.16. The number of allylic oxidation sites excluding steroid dienone is 2. The fraction of sp³-hybridized carbons (Fsp3) is 0.312. The Morgan fingerprint density at radius 2 is 1.94 bits per heavy atom. The molecule has 1 aromatic heterocycles. The summed E-state index contributed by atoms with van der Waals surface area (Å²) in [5, 5.41) is 1.13. The Hall–Kier alpha value is -1.83. The predicted molar refractivity (Wildman–Crippen MR) is 74.9 cm³/mol. The van der Waals surface area contributed by atoms with Crippen molar-refractivity contribution in [3.63, 3.8) is 0 Å². The summed E-state index contributed by atoms with van der Waals surface area (Å²) in [5.41, 5.74) is 13.5. The van der Waals surface area contributed by atoms with Gasteiger partial charge in [0.15, 0.2) is 0 Å². The van der Waals surface area contributed by atoms with Crippen molar-refractivity contribution >= 4 is 16.6 Å². The molecule has 0 saturated carbocycles. The second kappa shape index (κ2) is 3.14. The predicted octanol–water partition coefficient (Wildman–Crippen LogP) is 3.57. The molecular weight excluding hydrogens is 220 g/mol. The van der Waals surface area contributed by atoms with Gasteiger partial charge in [0.25, 0.3) is 0 Å². The van der Waals surface area contributed by atoms with Crippen LogP contribution in [0.3, 0.4) is 0 Å². The van der Waals surface area contributed by atoms with E-state index in [0.717, 1.165) is 16.6 Å². The van der Waals surface area contributed by atoms with Crippen LogP contribution < -0.4 is 5.73 Å². The van der Waals surface area contributed by atoms with Gasteiger partial charge in [-0.3, -0.25) is 4.98 Å². The molecule has 2 unspecified atom stereocenters. The van der Waals surface area contributed by atoms with Crippen molar-refractivity contribution < 1.29 is 0 Å². The lowest BCUT2D eigenvalue weighted by atomic mass is 9.95. The number of fused-ring (bicyclic) bond motifs is 6. The normalized spacial score (nSPS) is 23.9. The van der Waals surface area contributed by atoms with Gasteiger partial charge in [-0.15, -0.1) is 0 Å². The first-order valence-electron chi connectivity index (χ1n) is 6.53. The topological polar surface area (TPSA) is 38.9 Å². The molecular formula is C16H16N2. The standard InChI is InChI=1S/C16H16N2/c1-8-5-9(2)15-12(6-8)14(17)13-10-3-4-11(7-10)16(13)18-15/h3-6,10-11H,7H2,1-2H3,(H2,17,18).